The van der Waals surface area contributed by atoms with Crippen molar-refractivity contribution in [3.8, 4) is 22.8 Å². The first-order valence-electron chi connectivity index (χ1n) is 9.56. The summed E-state index contributed by atoms with van der Waals surface area (Å²) < 4.78 is 70.0. The molecular formula is C23H16ClF3N2O3S. The van der Waals surface area contributed by atoms with E-state index in [1.165, 1.54) is 43.3 Å². The summed E-state index contributed by atoms with van der Waals surface area (Å²) in [6.07, 6.45) is -3.49. The van der Waals surface area contributed by atoms with E-state index in [2.05, 4.69) is 9.97 Å². The van der Waals surface area contributed by atoms with E-state index in [0.29, 0.717) is 5.56 Å². The molecular weight excluding hydrogens is 477 g/mol. The number of aryl methyl sites for hydroxylation is 1. The lowest BCUT2D eigenvalue weighted by molar-refractivity contribution is -0.136. The van der Waals surface area contributed by atoms with Gasteiger partial charge in [-0.15, -0.1) is 0 Å². The molecule has 4 aromatic rings. The number of halogens is 4. The molecule has 0 bridgehead atoms. The van der Waals surface area contributed by atoms with Gasteiger partial charge in [0.15, 0.2) is 9.84 Å². The van der Waals surface area contributed by atoms with Crippen LogP contribution < -0.4 is 4.74 Å². The van der Waals surface area contributed by atoms with Crippen molar-refractivity contribution < 1.29 is 26.3 Å². The fourth-order valence-electron chi connectivity index (χ4n) is 3.36. The minimum Gasteiger partial charge on any atom is -0.456 e. The van der Waals surface area contributed by atoms with Crippen LogP contribution in [0.15, 0.2) is 65.6 Å². The Kier molecular flexibility index (Phi) is 5.79. The van der Waals surface area contributed by atoms with Crippen molar-refractivity contribution in [1.29, 1.82) is 0 Å². The van der Waals surface area contributed by atoms with E-state index in [-0.39, 0.29) is 43.8 Å². The Bertz CT molecular complexity index is 1490. The Hall–Kier alpha value is -3.17. The number of fused-ring (bicyclic) bond motifs is 1. The molecule has 10 heteroatoms. The molecule has 0 saturated carbocycles. The number of hydrogen-bond donors (Lipinski definition) is 0. The number of para-hydroxylation sites is 2. The summed E-state index contributed by atoms with van der Waals surface area (Å²) in [4.78, 5) is 8.56. The lowest BCUT2D eigenvalue weighted by atomic mass is 10.1. The predicted octanol–water partition coefficient (Wildman–Crippen LogP) is 6.47. The van der Waals surface area contributed by atoms with Gasteiger partial charge in [0, 0.05) is 11.8 Å². The summed E-state index contributed by atoms with van der Waals surface area (Å²) in [6, 6.07) is 14.5. The summed E-state index contributed by atoms with van der Waals surface area (Å²) in [5.74, 6) is 0.403. The SMILES string of the molecule is Cc1nc2c(C(F)(F)F)cccc2nc1-c1cc(Oc2ccccc2S(C)(=O)=O)ccc1Cl. The van der Waals surface area contributed by atoms with Gasteiger partial charge in [-0.3, -0.25) is 0 Å². The molecule has 0 saturated heterocycles. The first-order chi connectivity index (χ1) is 15.4. The van der Waals surface area contributed by atoms with Gasteiger partial charge in [0.25, 0.3) is 0 Å². The highest BCUT2D eigenvalue weighted by Gasteiger charge is 2.33. The van der Waals surface area contributed by atoms with Crippen molar-refractivity contribution >= 4 is 32.5 Å². The maximum atomic E-state index is 13.4. The lowest BCUT2D eigenvalue weighted by Gasteiger charge is -2.14. The van der Waals surface area contributed by atoms with Gasteiger partial charge < -0.3 is 4.74 Å². The van der Waals surface area contributed by atoms with Gasteiger partial charge in [-0.1, -0.05) is 29.8 Å². The number of alkyl halides is 3. The maximum Gasteiger partial charge on any atom is 0.418 e. The second kappa shape index (κ2) is 8.31. The summed E-state index contributed by atoms with van der Waals surface area (Å²) in [5, 5.41) is 0.280. The highest BCUT2D eigenvalue weighted by Crippen LogP contribution is 2.38. The summed E-state index contributed by atoms with van der Waals surface area (Å²) in [5.41, 5.74) is -0.145. The zero-order valence-corrected chi connectivity index (χ0v) is 18.9. The number of rotatable bonds is 4. The zero-order chi connectivity index (χ0) is 24.0. The number of nitrogens with zero attached hydrogens (tertiary/aromatic N) is 2. The van der Waals surface area contributed by atoms with E-state index in [0.717, 1.165) is 12.3 Å². The molecule has 0 unspecified atom stereocenters. The third-order valence-electron chi connectivity index (χ3n) is 4.84. The molecule has 0 amide bonds. The van der Waals surface area contributed by atoms with E-state index < -0.39 is 21.6 Å². The molecule has 1 heterocycles. The van der Waals surface area contributed by atoms with Crippen LogP contribution in [0.25, 0.3) is 22.3 Å². The van der Waals surface area contributed by atoms with Crippen molar-refractivity contribution in [2.24, 2.45) is 0 Å². The van der Waals surface area contributed by atoms with Crippen molar-refractivity contribution in [2.75, 3.05) is 6.26 Å². The van der Waals surface area contributed by atoms with Crippen LogP contribution in [0.5, 0.6) is 11.5 Å². The Labute approximate surface area is 192 Å². The molecule has 0 aliphatic rings. The highest BCUT2D eigenvalue weighted by molar-refractivity contribution is 7.90. The quantitative estimate of drug-likeness (QED) is 0.326. The molecule has 4 rings (SSSR count). The smallest absolute Gasteiger partial charge is 0.418 e. The largest absolute Gasteiger partial charge is 0.456 e. The van der Waals surface area contributed by atoms with Crippen molar-refractivity contribution in [1.82, 2.24) is 9.97 Å². The molecule has 33 heavy (non-hydrogen) atoms. The molecule has 0 N–H and O–H groups in total. The molecule has 0 spiro atoms. The standard InChI is InChI=1S/C23H16ClF3N2O3S/c1-13-21(29-18-7-5-6-16(22(18)28-13)23(25,26)27)15-12-14(10-11-17(15)24)32-19-8-3-4-9-20(19)33(2,30)31/h3-12H,1-2H3. The van der Waals surface area contributed by atoms with Crippen LogP contribution in [0.4, 0.5) is 13.2 Å². The van der Waals surface area contributed by atoms with Gasteiger partial charge in [-0.2, -0.15) is 13.2 Å². The number of sulfone groups is 1. The van der Waals surface area contributed by atoms with E-state index in [9.17, 15) is 21.6 Å². The van der Waals surface area contributed by atoms with Gasteiger partial charge in [-0.25, -0.2) is 18.4 Å². The molecule has 0 fully saturated rings. The predicted molar refractivity (Wildman–Crippen MR) is 119 cm³/mol. The first kappa shape index (κ1) is 23.0. The molecule has 3 aromatic carbocycles. The van der Waals surface area contributed by atoms with Gasteiger partial charge in [0.05, 0.1) is 27.5 Å². The van der Waals surface area contributed by atoms with E-state index >= 15 is 0 Å². The minimum atomic E-state index is -4.57. The number of ether oxygens (including phenoxy) is 1. The number of hydrogen-bond acceptors (Lipinski definition) is 5. The summed E-state index contributed by atoms with van der Waals surface area (Å²) in [6.45, 7) is 1.54. The average Bonchev–Trinajstić information content (AvgIpc) is 2.73. The fraction of sp³-hybridized carbons (Fsp3) is 0.130. The maximum absolute atomic E-state index is 13.4. The molecule has 0 aliphatic heterocycles. The molecule has 170 valence electrons. The van der Waals surface area contributed by atoms with Gasteiger partial charge in [0.2, 0.25) is 0 Å². The molecule has 0 radical (unpaired) electrons. The van der Waals surface area contributed by atoms with E-state index in [1.54, 1.807) is 18.2 Å². The van der Waals surface area contributed by atoms with Crippen molar-refractivity contribution in [3.05, 3.63) is 76.9 Å². The third-order valence-corrected chi connectivity index (χ3v) is 6.31. The monoisotopic (exact) mass is 492 g/mol. The van der Waals surface area contributed by atoms with Crippen LogP contribution in [-0.2, 0) is 16.0 Å². The van der Waals surface area contributed by atoms with Gasteiger partial charge in [0.1, 0.15) is 21.9 Å². The summed E-state index contributed by atoms with van der Waals surface area (Å²) >= 11 is 6.37. The second-order valence-electron chi connectivity index (χ2n) is 7.29. The molecule has 1 aromatic heterocycles. The molecule has 0 aliphatic carbocycles. The Morgan fingerprint density at radius 2 is 1.70 bits per heavy atom. The van der Waals surface area contributed by atoms with Crippen LogP contribution in [0.1, 0.15) is 11.3 Å². The molecule has 0 atom stereocenters. The van der Waals surface area contributed by atoms with Crippen molar-refractivity contribution in [2.45, 2.75) is 18.0 Å². The number of aromatic nitrogens is 2. The zero-order valence-electron chi connectivity index (χ0n) is 17.3. The average molecular weight is 493 g/mol. The fourth-order valence-corrected chi connectivity index (χ4v) is 4.37. The van der Waals surface area contributed by atoms with Crippen LogP contribution in [0, 0.1) is 6.92 Å². The van der Waals surface area contributed by atoms with Gasteiger partial charge >= 0.3 is 6.18 Å². The van der Waals surface area contributed by atoms with E-state index in [1.807, 2.05) is 0 Å². The number of benzene rings is 3. The highest BCUT2D eigenvalue weighted by atomic mass is 35.5. The Morgan fingerprint density at radius 3 is 2.39 bits per heavy atom. The second-order valence-corrected chi connectivity index (χ2v) is 9.68. The normalized spacial score (nSPS) is 12.2. The molecule has 5 nitrogen and oxygen atoms in total. The lowest BCUT2D eigenvalue weighted by Crippen LogP contribution is -2.08. The topological polar surface area (TPSA) is 69.2 Å². The van der Waals surface area contributed by atoms with Gasteiger partial charge in [-0.05, 0) is 49.4 Å². The van der Waals surface area contributed by atoms with E-state index in [4.69, 9.17) is 16.3 Å². The van der Waals surface area contributed by atoms with Crippen molar-refractivity contribution in [3.63, 3.8) is 0 Å². The van der Waals surface area contributed by atoms with Crippen LogP contribution in [0.3, 0.4) is 0 Å². The van der Waals surface area contributed by atoms with Crippen LogP contribution in [0.2, 0.25) is 5.02 Å². The van der Waals surface area contributed by atoms with Crippen LogP contribution >= 0.6 is 11.6 Å². The Balaban J connectivity index is 1.82. The van der Waals surface area contributed by atoms with Crippen LogP contribution in [-0.4, -0.2) is 24.6 Å². The minimum absolute atomic E-state index is 0.0165. The Morgan fingerprint density at radius 1 is 0.970 bits per heavy atom. The summed E-state index contributed by atoms with van der Waals surface area (Å²) in [7, 11) is -3.54. The first-order valence-corrected chi connectivity index (χ1v) is 11.8. The third kappa shape index (κ3) is 4.65.